The second kappa shape index (κ2) is 8.17. The van der Waals surface area contributed by atoms with Crippen molar-refractivity contribution < 1.29 is 9.53 Å². The molecule has 1 heterocycles. The molecule has 118 valence electrons. The quantitative estimate of drug-likeness (QED) is 0.842. The van der Waals surface area contributed by atoms with Crippen molar-refractivity contribution in [2.75, 3.05) is 27.2 Å². The highest BCUT2D eigenvalue weighted by atomic mass is 35.5. The lowest BCUT2D eigenvalue weighted by molar-refractivity contribution is 0.0955. The Morgan fingerprint density at radius 2 is 2.05 bits per heavy atom. The van der Waals surface area contributed by atoms with Gasteiger partial charge in [0.05, 0.1) is 4.88 Å². The zero-order valence-corrected chi connectivity index (χ0v) is 14.2. The van der Waals surface area contributed by atoms with Crippen molar-refractivity contribution in [3.8, 4) is 5.75 Å². The van der Waals surface area contributed by atoms with Gasteiger partial charge in [-0.15, -0.1) is 11.3 Å². The fourth-order valence-corrected chi connectivity index (χ4v) is 2.69. The summed E-state index contributed by atoms with van der Waals surface area (Å²) in [6.07, 6.45) is 0. The largest absolute Gasteiger partial charge is 0.489 e. The molecule has 2 rings (SSSR count). The van der Waals surface area contributed by atoms with Gasteiger partial charge in [0.1, 0.15) is 12.4 Å². The van der Waals surface area contributed by atoms with E-state index >= 15 is 0 Å². The lowest BCUT2D eigenvalue weighted by Gasteiger charge is -2.09. The number of hydrogen-bond donors (Lipinski definition) is 1. The van der Waals surface area contributed by atoms with Crippen molar-refractivity contribution in [1.29, 1.82) is 0 Å². The molecule has 1 aromatic heterocycles. The number of amides is 1. The fourth-order valence-electron chi connectivity index (χ4n) is 1.75. The van der Waals surface area contributed by atoms with Crippen LogP contribution >= 0.6 is 22.9 Å². The molecule has 1 N–H and O–H groups in total. The van der Waals surface area contributed by atoms with Crippen LogP contribution in [0.3, 0.4) is 0 Å². The summed E-state index contributed by atoms with van der Waals surface area (Å²) in [7, 11) is 3.95. The predicted octanol–water partition coefficient (Wildman–Crippen LogP) is 3.27. The molecule has 0 saturated heterocycles. The molecule has 1 amide bonds. The summed E-state index contributed by atoms with van der Waals surface area (Å²) >= 11 is 7.25. The number of carbonyl (C=O) groups is 1. The Balaban J connectivity index is 1.83. The number of hydrogen-bond acceptors (Lipinski definition) is 4. The van der Waals surface area contributed by atoms with Gasteiger partial charge in [0, 0.05) is 23.7 Å². The van der Waals surface area contributed by atoms with Crippen molar-refractivity contribution in [2.45, 2.75) is 6.61 Å². The Morgan fingerprint density at radius 1 is 1.32 bits per heavy atom. The van der Waals surface area contributed by atoms with Crippen molar-refractivity contribution in [3.05, 3.63) is 51.2 Å². The van der Waals surface area contributed by atoms with Crippen LogP contribution in [0.15, 0.2) is 35.7 Å². The summed E-state index contributed by atoms with van der Waals surface area (Å²) in [5, 5.41) is 5.52. The van der Waals surface area contributed by atoms with Gasteiger partial charge in [-0.2, -0.15) is 0 Å². The molecule has 0 unspecified atom stereocenters. The Morgan fingerprint density at radius 3 is 2.73 bits per heavy atom. The zero-order valence-electron chi connectivity index (χ0n) is 12.6. The van der Waals surface area contributed by atoms with E-state index in [4.69, 9.17) is 16.3 Å². The van der Waals surface area contributed by atoms with Crippen LogP contribution in [-0.4, -0.2) is 38.0 Å². The minimum atomic E-state index is -0.0374. The molecular weight excluding hydrogens is 320 g/mol. The molecule has 0 atom stereocenters. The Hall–Kier alpha value is -1.56. The minimum absolute atomic E-state index is 0.0374. The van der Waals surface area contributed by atoms with E-state index in [2.05, 4.69) is 5.32 Å². The fraction of sp³-hybridized carbons (Fsp3) is 0.312. The third-order valence-electron chi connectivity index (χ3n) is 2.94. The number of carbonyl (C=O) groups excluding carboxylic acids is 1. The lowest BCUT2D eigenvalue weighted by Crippen LogP contribution is -2.30. The number of likely N-dealkylation sites (N-methyl/N-ethyl adjacent to an activating group) is 1. The van der Waals surface area contributed by atoms with Gasteiger partial charge >= 0.3 is 0 Å². The topological polar surface area (TPSA) is 41.6 Å². The van der Waals surface area contributed by atoms with E-state index < -0.39 is 0 Å². The summed E-state index contributed by atoms with van der Waals surface area (Å²) in [6, 6.07) is 9.08. The summed E-state index contributed by atoms with van der Waals surface area (Å²) in [6.45, 7) is 1.90. The molecule has 0 aliphatic heterocycles. The molecule has 0 bridgehead atoms. The molecule has 0 spiro atoms. The monoisotopic (exact) mass is 338 g/mol. The Labute approximate surface area is 139 Å². The van der Waals surface area contributed by atoms with E-state index in [0.717, 1.165) is 17.9 Å². The first-order valence-corrected chi connectivity index (χ1v) is 8.19. The van der Waals surface area contributed by atoms with Crippen LogP contribution < -0.4 is 10.1 Å². The summed E-state index contributed by atoms with van der Waals surface area (Å²) < 4.78 is 5.66. The van der Waals surface area contributed by atoms with Crippen LogP contribution in [0.4, 0.5) is 0 Å². The second-order valence-corrected chi connectivity index (χ2v) is 6.47. The van der Waals surface area contributed by atoms with Crippen LogP contribution in [0.5, 0.6) is 5.75 Å². The normalized spacial score (nSPS) is 10.7. The van der Waals surface area contributed by atoms with Crippen molar-refractivity contribution >= 4 is 28.8 Å². The molecule has 22 heavy (non-hydrogen) atoms. The van der Waals surface area contributed by atoms with E-state index in [0.29, 0.717) is 23.1 Å². The maximum absolute atomic E-state index is 12.0. The number of nitrogens with zero attached hydrogens (tertiary/aromatic N) is 1. The van der Waals surface area contributed by atoms with E-state index in [-0.39, 0.29) is 5.91 Å². The molecule has 1 aromatic carbocycles. The van der Waals surface area contributed by atoms with Crippen molar-refractivity contribution in [1.82, 2.24) is 10.2 Å². The Bertz CT molecular complexity index is 611. The molecular formula is C16H19ClN2O2S. The molecule has 0 aliphatic rings. The standard InChI is InChI=1S/C16H19ClN2O2S/c1-19(2)8-7-18-16(20)15-9-12(11-22-15)10-21-14-5-3-13(17)4-6-14/h3-6,9,11H,7-8,10H2,1-2H3,(H,18,20). The molecule has 0 radical (unpaired) electrons. The smallest absolute Gasteiger partial charge is 0.261 e. The number of halogens is 1. The van der Waals surface area contributed by atoms with E-state index in [1.165, 1.54) is 11.3 Å². The maximum atomic E-state index is 12.0. The van der Waals surface area contributed by atoms with Crippen molar-refractivity contribution in [3.63, 3.8) is 0 Å². The first-order valence-electron chi connectivity index (χ1n) is 6.93. The predicted molar refractivity (Wildman–Crippen MR) is 91.0 cm³/mol. The summed E-state index contributed by atoms with van der Waals surface area (Å²) in [5.74, 6) is 0.720. The number of nitrogens with one attached hydrogen (secondary N) is 1. The third-order valence-corrected chi connectivity index (χ3v) is 4.17. The molecule has 2 aromatic rings. The van der Waals surface area contributed by atoms with E-state index in [1.807, 2.05) is 42.6 Å². The number of benzene rings is 1. The van der Waals surface area contributed by atoms with Gasteiger partial charge in [0.25, 0.3) is 5.91 Å². The number of thiophene rings is 1. The lowest BCUT2D eigenvalue weighted by atomic mass is 10.3. The van der Waals surface area contributed by atoms with E-state index in [9.17, 15) is 4.79 Å². The zero-order chi connectivity index (χ0) is 15.9. The van der Waals surface area contributed by atoms with Crippen LogP contribution in [0, 0.1) is 0 Å². The van der Waals surface area contributed by atoms with Gasteiger partial charge in [0.2, 0.25) is 0 Å². The molecule has 0 aliphatic carbocycles. The van der Waals surface area contributed by atoms with Gasteiger partial charge in [-0.25, -0.2) is 0 Å². The Kier molecular flexibility index (Phi) is 6.24. The summed E-state index contributed by atoms with van der Waals surface area (Å²) in [5.41, 5.74) is 0.984. The third kappa shape index (κ3) is 5.33. The number of ether oxygens (including phenoxy) is 1. The van der Waals surface area contributed by atoms with Crippen LogP contribution in [0.25, 0.3) is 0 Å². The van der Waals surface area contributed by atoms with Crippen molar-refractivity contribution in [2.24, 2.45) is 0 Å². The minimum Gasteiger partial charge on any atom is -0.489 e. The van der Waals surface area contributed by atoms with Gasteiger partial charge < -0.3 is 15.0 Å². The number of rotatable bonds is 7. The van der Waals surface area contributed by atoms with Crippen LogP contribution in [0.1, 0.15) is 15.2 Å². The highest BCUT2D eigenvalue weighted by molar-refractivity contribution is 7.12. The van der Waals surface area contributed by atoms with Gasteiger partial charge in [-0.3, -0.25) is 4.79 Å². The van der Waals surface area contributed by atoms with Gasteiger partial charge in [-0.1, -0.05) is 11.6 Å². The highest BCUT2D eigenvalue weighted by Crippen LogP contribution is 2.19. The molecule has 0 saturated carbocycles. The van der Waals surface area contributed by atoms with Gasteiger partial charge in [-0.05, 0) is 49.8 Å². The summed E-state index contributed by atoms with van der Waals surface area (Å²) in [4.78, 5) is 14.7. The average molecular weight is 339 g/mol. The molecule has 6 heteroatoms. The SMILES string of the molecule is CN(C)CCNC(=O)c1cc(COc2ccc(Cl)cc2)cs1. The van der Waals surface area contributed by atoms with Crippen LogP contribution in [-0.2, 0) is 6.61 Å². The average Bonchev–Trinajstić information content (AvgIpc) is 2.95. The first-order chi connectivity index (χ1) is 10.5. The van der Waals surface area contributed by atoms with E-state index in [1.54, 1.807) is 12.1 Å². The second-order valence-electron chi connectivity index (χ2n) is 5.12. The first kappa shape index (κ1) is 16.8. The maximum Gasteiger partial charge on any atom is 0.261 e. The molecule has 4 nitrogen and oxygen atoms in total. The van der Waals surface area contributed by atoms with Crippen LogP contribution in [0.2, 0.25) is 5.02 Å². The van der Waals surface area contributed by atoms with Gasteiger partial charge in [0.15, 0.2) is 0 Å². The molecule has 0 fully saturated rings. The highest BCUT2D eigenvalue weighted by Gasteiger charge is 2.09.